The number of benzene rings is 1. The molecule has 2 rings (SSSR count). The van der Waals surface area contributed by atoms with Crippen LogP contribution < -0.4 is 26.1 Å². The molecule has 0 spiro atoms. The molecule has 1 heterocycles. The van der Waals surface area contributed by atoms with E-state index in [1.807, 2.05) is 24.3 Å². The fourth-order valence-corrected chi connectivity index (χ4v) is 1.67. The number of aromatic nitrogens is 1. The molecule has 19 heavy (non-hydrogen) atoms. The third-order valence-corrected chi connectivity index (χ3v) is 2.58. The van der Waals surface area contributed by atoms with E-state index in [0.717, 1.165) is 11.4 Å². The average Bonchev–Trinajstić information content (AvgIpc) is 2.47. The molecule has 0 unspecified atom stereocenters. The molecule has 0 aliphatic heterocycles. The van der Waals surface area contributed by atoms with Gasteiger partial charge in [0.1, 0.15) is 5.82 Å². The fraction of sp³-hybridized carbons (Fsp3) is 0.154. The lowest BCUT2D eigenvalue weighted by Gasteiger charge is -2.11. The van der Waals surface area contributed by atoms with Gasteiger partial charge in [0.2, 0.25) is 0 Å². The molecule has 0 amide bonds. The van der Waals surface area contributed by atoms with Crippen molar-refractivity contribution < 1.29 is 9.47 Å². The number of ether oxygens (including phenoxy) is 2. The molecule has 0 saturated carbocycles. The molecule has 0 aliphatic carbocycles. The summed E-state index contributed by atoms with van der Waals surface area (Å²) in [6.07, 6.45) is 1.66. The molecule has 0 radical (unpaired) electrons. The summed E-state index contributed by atoms with van der Waals surface area (Å²) in [4.78, 5) is 4.04. The van der Waals surface area contributed by atoms with Gasteiger partial charge in [0.05, 0.1) is 14.2 Å². The first-order chi connectivity index (χ1) is 9.26. The predicted molar refractivity (Wildman–Crippen MR) is 74.9 cm³/mol. The van der Waals surface area contributed by atoms with Crippen LogP contribution in [0.5, 0.6) is 11.5 Å². The number of hydrazine groups is 1. The summed E-state index contributed by atoms with van der Waals surface area (Å²) >= 11 is 0. The standard InChI is InChI=1S/C13H16N4O2/c1-18-11-4-3-9(7-12(11)19-2)16-10-5-6-15-13(8-10)17-14/h3-8H,14H2,1-2H3,(H2,15,16,17). The zero-order chi connectivity index (χ0) is 13.7. The second-order valence-corrected chi connectivity index (χ2v) is 3.77. The van der Waals surface area contributed by atoms with Gasteiger partial charge in [-0.15, -0.1) is 0 Å². The molecule has 1 aromatic heterocycles. The Morgan fingerprint density at radius 2 is 1.74 bits per heavy atom. The van der Waals surface area contributed by atoms with Crippen molar-refractivity contribution in [2.45, 2.75) is 0 Å². The van der Waals surface area contributed by atoms with E-state index in [9.17, 15) is 0 Å². The first-order valence-corrected chi connectivity index (χ1v) is 5.68. The summed E-state index contributed by atoms with van der Waals surface area (Å²) in [5.41, 5.74) is 4.25. The SMILES string of the molecule is COc1ccc(Nc2ccnc(NN)c2)cc1OC. The van der Waals surface area contributed by atoms with Gasteiger partial charge >= 0.3 is 0 Å². The first kappa shape index (κ1) is 13.0. The molecule has 100 valence electrons. The molecule has 4 N–H and O–H groups in total. The zero-order valence-electron chi connectivity index (χ0n) is 10.8. The van der Waals surface area contributed by atoms with Crippen molar-refractivity contribution >= 4 is 17.2 Å². The summed E-state index contributed by atoms with van der Waals surface area (Å²) < 4.78 is 10.4. The van der Waals surface area contributed by atoms with Crippen molar-refractivity contribution in [2.24, 2.45) is 5.84 Å². The number of nitrogen functional groups attached to an aromatic ring is 1. The summed E-state index contributed by atoms with van der Waals surface area (Å²) in [5.74, 6) is 7.26. The largest absolute Gasteiger partial charge is 0.493 e. The van der Waals surface area contributed by atoms with Gasteiger partial charge in [0, 0.05) is 29.7 Å². The lowest BCUT2D eigenvalue weighted by Crippen LogP contribution is -2.08. The van der Waals surface area contributed by atoms with Crippen molar-refractivity contribution in [1.29, 1.82) is 0 Å². The average molecular weight is 260 g/mol. The van der Waals surface area contributed by atoms with Gasteiger partial charge in [0.15, 0.2) is 11.5 Å². The lowest BCUT2D eigenvalue weighted by molar-refractivity contribution is 0.355. The highest BCUT2D eigenvalue weighted by atomic mass is 16.5. The van der Waals surface area contributed by atoms with Crippen molar-refractivity contribution in [3.8, 4) is 11.5 Å². The van der Waals surface area contributed by atoms with E-state index in [2.05, 4.69) is 15.7 Å². The molecule has 2 aromatic rings. The summed E-state index contributed by atoms with van der Waals surface area (Å²) in [7, 11) is 3.21. The van der Waals surface area contributed by atoms with Crippen LogP contribution in [-0.2, 0) is 0 Å². The third-order valence-electron chi connectivity index (χ3n) is 2.58. The highest BCUT2D eigenvalue weighted by molar-refractivity contribution is 5.65. The number of pyridine rings is 1. The van der Waals surface area contributed by atoms with Crippen LogP contribution in [0.3, 0.4) is 0 Å². The number of nitrogens with two attached hydrogens (primary N) is 1. The van der Waals surface area contributed by atoms with Crippen LogP contribution in [0.1, 0.15) is 0 Å². The van der Waals surface area contributed by atoms with E-state index >= 15 is 0 Å². The van der Waals surface area contributed by atoms with Crippen LogP contribution in [0.15, 0.2) is 36.5 Å². The van der Waals surface area contributed by atoms with Crippen molar-refractivity contribution in [2.75, 3.05) is 25.0 Å². The molecule has 0 bridgehead atoms. The number of hydrogen-bond donors (Lipinski definition) is 3. The molecule has 6 heteroatoms. The van der Waals surface area contributed by atoms with Crippen molar-refractivity contribution in [3.05, 3.63) is 36.5 Å². The monoisotopic (exact) mass is 260 g/mol. The van der Waals surface area contributed by atoms with Crippen LogP contribution >= 0.6 is 0 Å². The highest BCUT2D eigenvalue weighted by Gasteiger charge is 2.05. The number of rotatable bonds is 5. The van der Waals surface area contributed by atoms with E-state index < -0.39 is 0 Å². The molecule has 0 atom stereocenters. The Morgan fingerprint density at radius 1 is 1.00 bits per heavy atom. The molecule has 0 saturated heterocycles. The van der Waals surface area contributed by atoms with Crippen LogP contribution in [0.2, 0.25) is 0 Å². The van der Waals surface area contributed by atoms with Crippen molar-refractivity contribution in [3.63, 3.8) is 0 Å². The van der Waals surface area contributed by atoms with Gasteiger partial charge in [-0.1, -0.05) is 0 Å². The van der Waals surface area contributed by atoms with Gasteiger partial charge in [0.25, 0.3) is 0 Å². The number of anilines is 3. The Kier molecular flexibility index (Phi) is 4.04. The van der Waals surface area contributed by atoms with Crippen molar-refractivity contribution in [1.82, 2.24) is 4.98 Å². The number of methoxy groups -OCH3 is 2. The number of hydrogen-bond acceptors (Lipinski definition) is 6. The molecule has 1 aromatic carbocycles. The van der Waals surface area contributed by atoms with Crippen LogP contribution in [-0.4, -0.2) is 19.2 Å². The smallest absolute Gasteiger partial charge is 0.162 e. The maximum Gasteiger partial charge on any atom is 0.162 e. The third kappa shape index (κ3) is 3.05. The second-order valence-electron chi connectivity index (χ2n) is 3.77. The molecular formula is C13H16N4O2. The predicted octanol–water partition coefficient (Wildman–Crippen LogP) is 2.13. The van der Waals surface area contributed by atoms with Crippen LogP contribution in [0.4, 0.5) is 17.2 Å². The maximum atomic E-state index is 5.32. The van der Waals surface area contributed by atoms with Gasteiger partial charge in [-0.3, -0.25) is 0 Å². The van der Waals surface area contributed by atoms with E-state index in [-0.39, 0.29) is 0 Å². The Balaban J connectivity index is 2.22. The highest BCUT2D eigenvalue weighted by Crippen LogP contribution is 2.31. The minimum absolute atomic E-state index is 0.588. The topological polar surface area (TPSA) is 81.4 Å². The molecule has 0 aliphatic rings. The lowest BCUT2D eigenvalue weighted by atomic mass is 10.2. The number of nitrogens with zero attached hydrogens (tertiary/aromatic N) is 1. The summed E-state index contributed by atoms with van der Waals surface area (Å²) in [6, 6.07) is 9.24. The Labute approximate surface area is 111 Å². The van der Waals surface area contributed by atoms with Gasteiger partial charge in [-0.2, -0.15) is 0 Å². The maximum absolute atomic E-state index is 5.32. The zero-order valence-corrected chi connectivity index (χ0v) is 10.8. The van der Waals surface area contributed by atoms with Crippen LogP contribution in [0, 0.1) is 0 Å². The number of nitrogens with one attached hydrogen (secondary N) is 2. The second kappa shape index (κ2) is 5.92. The van der Waals surface area contributed by atoms with E-state index in [1.54, 1.807) is 26.5 Å². The summed E-state index contributed by atoms with van der Waals surface area (Å²) in [5, 5.41) is 3.23. The minimum Gasteiger partial charge on any atom is -0.493 e. The molecular weight excluding hydrogens is 244 g/mol. The van der Waals surface area contributed by atoms with E-state index in [1.165, 1.54) is 0 Å². The van der Waals surface area contributed by atoms with Gasteiger partial charge in [-0.25, -0.2) is 10.8 Å². The van der Waals surface area contributed by atoms with Gasteiger partial charge in [-0.05, 0) is 18.2 Å². The normalized spacial score (nSPS) is 9.84. The summed E-state index contributed by atoms with van der Waals surface area (Å²) in [6.45, 7) is 0. The Bertz CT molecular complexity index is 560. The molecule has 0 fully saturated rings. The Hall–Kier alpha value is -2.47. The first-order valence-electron chi connectivity index (χ1n) is 5.68. The minimum atomic E-state index is 0.588. The molecule has 6 nitrogen and oxygen atoms in total. The van der Waals surface area contributed by atoms with Gasteiger partial charge < -0.3 is 20.2 Å². The quantitative estimate of drug-likeness (QED) is 0.564. The van der Waals surface area contributed by atoms with E-state index in [0.29, 0.717) is 17.3 Å². The fourth-order valence-electron chi connectivity index (χ4n) is 1.67. The van der Waals surface area contributed by atoms with E-state index in [4.69, 9.17) is 15.3 Å². The Morgan fingerprint density at radius 3 is 2.42 bits per heavy atom. The van der Waals surface area contributed by atoms with Crippen LogP contribution in [0.25, 0.3) is 0 Å².